The number of unbranched alkanes of at least 4 members (excludes halogenated alkanes) is 5. The topological polar surface area (TPSA) is 9.23 Å². The Kier molecular flexibility index (Phi) is 11.4. The van der Waals surface area contributed by atoms with Crippen molar-refractivity contribution in [2.45, 2.75) is 52.4 Å². The third-order valence-corrected chi connectivity index (χ3v) is 2.09. The summed E-state index contributed by atoms with van der Waals surface area (Å²) in [5.74, 6) is 0. The summed E-state index contributed by atoms with van der Waals surface area (Å²) in [6, 6.07) is 0. The monoisotopic (exact) mass is 184 g/mol. The van der Waals surface area contributed by atoms with Crippen molar-refractivity contribution in [3.05, 3.63) is 12.2 Å². The molecule has 1 heteroatoms. The summed E-state index contributed by atoms with van der Waals surface area (Å²) in [6.45, 7) is 5.98. The van der Waals surface area contributed by atoms with Crippen molar-refractivity contribution in [2.24, 2.45) is 0 Å². The normalized spacial score (nSPS) is 11.2. The zero-order valence-electron chi connectivity index (χ0n) is 9.22. The maximum Gasteiger partial charge on any atom is 0.0647 e. The molecule has 0 saturated heterocycles. The van der Waals surface area contributed by atoms with E-state index >= 15 is 0 Å². The highest BCUT2D eigenvalue weighted by Crippen LogP contribution is 2.04. The maximum absolute atomic E-state index is 5.39. The molecule has 13 heavy (non-hydrogen) atoms. The highest BCUT2D eigenvalue weighted by atomic mass is 16.5. The van der Waals surface area contributed by atoms with Crippen molar-refractivity contribution in [3.63, 3.8) is 0 Å². The second-order valence-corrected chi connectivity index (χ2v) is 3.41. The standard InChI is InChI=1S/C12H24O/c1-3-5-7-8-9-10-12-13-11-6-4-2/h4,6H,3,5,7-12H2,1-2H3. The van der Waals surface area contributed by atoms with E-state index in [1.54, 1.807) is 0 Å². The molecule has 0 bridgehead atoms. The largest absolute Gasteiger partial charge is 0.377 e. The average molecular weight is 184 g/mol. The molecule has 0 fully saturated rings. The Bertz CT molecular complexity index is 108. The number of ether oxygens (including phenoxy) is 1. The van der Waals surface area contributed by atoms with Gasteiger partial charge in [0, 0.05) is 6.61 Å². The van der Waals surface area contributed by atoms with Gasteiger partial charge in [-0.3, -0.25) is 0 Å². The first-order valence-corrected chi connectivity index (χ1v) is 5.60. The molecular weight excluding hydrogens is 160 g/mol. The van der Waals surface area contributed by atoms with Gasteiger partial charge in [-0.1, -0.05) is 51.2 Å². The van der Waals surface area contributed by atoms with E-state index in [1.807, 2.05) is 13.0 Å². The van der Waals surface area contributed by atoms with Crippen molar-refractivity contribution in [2.75, 3.05) is 13.2 Å². The molecule has 0 amide bonds. The van der Waals surface area contributed by atoms with Gasteiger partial charge in [-0.25, -0.2) is 0 Å². The highest BCUT2D eigenvalue weighted by Gasteiger charge is 1.89. The van der Waals surface area contributed by atoms with Crippen molar-refractivity contribution in [1.82, 2.24) is 0 Å². The molecule has 0 N–H and O–H groups in total. The van der Waals surface area contributed by atoms with Crippen LogP contribution in [0.1, 0.15) is 52.4 Å². The first-order chi connectivity index (χ1) is 6.41. The second kappa shape index (κ2) is 11.7. The molecule has 0 aliphatic rings. The van der Waals surface area contributed by atoms with Gasteiger partial charge < -0.3 is 4.74 Å². The van der Waals surface area contributed by atoms with Gasteiger partial charge in [0.1, 0.15) is 0 Å². The van der Waals surface area contributed by atoms with Crippen LogP contribution in [0.4, 0.5) is 0 Å². The van der Waals surface area contributed by atoms with E-state index in [2.05, 4.69) is 13.0 Å². The van der Waals surface area contributed by atoms with Crippen molar-refractivity contribution in [1.29, 1.82) is 0 Å². The molecule has 0 aromatic carbocycles. The van der Waals surface area contributed by atoms with Crippen LogP contribution in [0.3, 0.4) is 0 Å². The first-order valence-electron chi connectivity index (χ1n) is 5.60. The minimum absolute atomic E-state index is 0.783. The zero-order chi connectivity index (χ0) is 9.78. The summed E-state index contributed by atoms with van der Waals surface area (Å²) in [5, 5.41) is 0. The Labute approximate surface area is 83.2 Å². The van der Waals surface area contributed by atoms with Gasteiger partial charge in [-0.15, -0.1) is 0 Å². The highest BCUT2D eigenvalue weighted by molar-refractivity contribution is 4.75. The van der Waals surface area contributed by atoms with Gasteiger partial charge >= 0.3 is 0 Å². The lowest BCUT2D eigenvalue weighted by Gasteiger charge is -2.01. The molecule has 0 aliphatic carbocycles. The van der Waals surface area contributed by atoms with Crippen molar-refractivity contribution >= 4 is 0 Å². The maximum atomic E-state index is 5.39. The summed E-state index contributed by atoms with van der Waals surface area (Å²) < 4.78 is 5.39. The minimum Gasteiger partial charge on any atom is -0.377 e. The van der Waals surface area contributed by atoms with Gasteiger partial charge in [0.2, 0.25) is 0 Å². The fraction of sp³-hybridized carbons (Fsp3) is 0.833. The van der Waals surface area contributed by atoms with E-state index in [9.17, 15) is 0 Å². The Hall–Kier alpha value is -0.300. The molecular formula is C12H24O. The lowest BCUT2D eigenvalue weighted by Crippen LogP contribution is -1.94. The van der Waals surface area contributed by atoms with E-state index in [-0.39, 0.29) is 0 Å². The van der Waals surface area contributed by atoms with Crippen LogP contribution in [0.5, 0.6) is 0 Å². The van der Waals surface area contributed by atoms with E-state index in [0.29, 0.717) is 0 Å². The van der Waals surface area contributed by atoms with Gasteiger partial charge in [-0.2, -0.15) is 0 Å². The lowest BCUT2D eigenvalue weighted by atomic mass is 10.1. The summed E-state index contributed by atoms with van der Waals surface area (Å²) in [5.41, 5.74) is 0. The molecule has 1 nitrogen and oxygen atoms in total. The molecule has 0 saturated carbocycles. The van der Waals surface area contributed by atoms with Crippen LogP contribution >= 0.6 is 0 Å². The molecule has 0 radical (unpaired) electrons. The predicted octanol–water partition coefficient (Wildman–Crippen LogP) is 3.94. The molecule has 0 spiro atoms. The van der Waals surface area contributed by atoms with Gasteiger partial charge in [0.15, 0.2) is 0 Å². The van der Waals surface area contributed by atoms with E-state index in [0.717, 1.165) is 13.2 Å². The van der Waals surface area contributed by atoms with Gasteiger partial charge in [0.25, 0.3) is 0 Å². The van der Waals surface area contributed by atoms with Crippen LogP contribution in [-0.2, 0) is 4.74 Å². The molecule has 0 aromatic heterocycles. The Morgan fingerprint density at radius 2 is 1.69 bits per heavy atom. The molecule has 78 valence electrons. The summed E-state index contributed by atoms with van der Waals surface area (Å²) in [7, 11) is 0. The van der Waals surface area contributed by atoms with Crippen LogP contribution < -0.4 is 0 Å². The van der Waals surface area contributed by atoms with Gasteiger partial charge in [-0.05, 0) is 13.3 Å². The summed E-state index contributed by atoms with van der Waals surface area (Å²) in [6.07, 6.45) is 12.1. The Balaban J connectivity index is 2.83. The number of rotatable bonds is 9. The quantitative estimate of drug-likeness (QED) is 0.389. The summed E-state index contributed by atoms with van der Waals surface area (Å²) in [4.78, 5) is 0. The fourth-order valence-corrected chi connectivity index (χ4v) is 1.23. The zero-order valence-corrected chi connectivity index (χ0v) is 9.22. The van der Waals surface area contributed by atoms with Crippen LogP contribution in [0.25, 0.3) is 0 Å². The SMILES string of the molecule is CC=CCOCCCCCCCC. The summed E-state index contributed by atoms with van der Waals surface area (Å²) >= 11 is 0. The van der Waals surface area contributed by atoms with Gasteiger partial charge in [0.05, 0.1) is 6.61 Å². The van der Waals surface area contributed by atoms with Crippen LogP contribution in [0.15, 0.2) is 12.2 Å². The van der Waals surface area contributed by atoms with Crippen LogP contribution in [0, 0.1) is 0 Å². The van der Waals surface area contributed by atoms with E-state index in [4.69, 9.17) is 4.74 Å². The molecule has 0 rings (SSSR count). The minimum atomic E-state index is 0.783. The number of hydrogen-bond acceptors (Lipinski definition) is 1. The van der Waals surface area contributed by atoms with Crippen LogP contribution in [0.2, 0.25) is 0 Å². The van der Waals surface area contributed by atoms with Crippen molar-refractivity contribution in [3.8, 4) is 0 Å². The van der Waals surface area contributed by atoms with E-state index < -0.39 is 0 Å². The predicted molar refractivity (Wildman–Crippen MR) is 59.0 cm³/mol. The molecule has 0 aromatic rings. The smallest absolute Gasteiger partial charge is 0.0647 e. The number of hydrogen-bond donors (Lipinski definition) is 0. The van der Waals surface area contributed by atoms with Crippen molar-refractivity contribution < 1.29 is 4.74 Å². The average Bonchev–Trinajstić information content (AvgIpc) is 2.16. The Morgan fingerprint density at radius 1 is 1.00 bits per heavy atom. The first kappa shape index (κ1) is 12.7. The molecule has 0 atom stereocenters. The van der Waals surface area contributed by atoms with E-state index in [1.165, 1.54) is 38.5 Å². The molecule has 0 unspecified atom stereocenters. The third-order valence-electron chi connectivity index (χ3n) is 2.09. The second-order valence-electron chi connectivity index (χ2n) is 3.41. The lowest BCUT2D eigenvalue weighted by molar-refractivity contribution is 0.157. The number of allylic oxidation sites excluding steroid dienone is 1. The fourth-order valence-electron chi connectivity index (χ4n) is 1.23. The third kappa shape index (κ3) is 11.7. The Morgan fingerprint density at radius 3 is 2.38 bits per heavy atom. The molecule has 0 aliphatic heterocycles. The molecule has 0 heterocycles. The van der Waals surface area contributed by atoms with Crippen LogP contribution in [-0.4, -0.2) is 13.2 Å².